The molecule has 5 nitrogen and oxygen atoms in total. The average Bonchev–Trinajstić information content (AvgIpc) is 3.05. The van der Waals surface area contributed by atoms with E-state index < -0.39 is 0 Å². The lowest BCUT2D eigenvalue weighted by molar-refractivity contribution is -0.121. The Morgan fingerprint density at radius 1 is 1.25 bits per heavy atom. The largest absolute Gasteiger partial charge is 0.358 e. The first-order chi connectivity index (χ1) is 11.7. The van der Waals surface area contributed by atoms with Crippen molar-refractivity contribution < 1.29 is 4.79 Å². The molecule has 0 spiro atoms. The van der Waals surface area contributed by atoms with Crippen LogP contribution in [0.2, 0.25) is 0 Å². The molecule has 2 heterocycles. The molecule has 0 radical (unpaired) electrons. The molecule has 0 aliphatic heterocycles. The molecular formula is C18H20N4OS. The van der Waals surface area contributed by atoms with E-state index in [1.54, 1.807) is 11.3 Å². The molecule has 3 rings (SSSR count). The molecule has 0 fully saturated rings. The summed E-state index contributed by atoms with van der Waals surface area (Å²) in [7, 11) is 0. The zero-order chi connectivity index (χ0) is 16.9. The van der Waals surface area contributed by atoms with Gasteiger partial charge in [0.1, 0.15) is 23.0 Å². The number of anilines is 1. The fraction of sp³-hybridized carbons (Fsp3) is 0.278. The molecule has 0 bridgehead atoms. The first-order valence-corrected chi connectivity index (χ1v) is 8.80. The summed E-state index contributed by atoms with van der Waals surface area (Å²) in [5, 5.41) is 7.12. The van der Waals surface area contributed by atoms with Crippen LogP contribution in [0, 0.1) is 0 Å². The van der Waals surface area contributed by atoms with Crippen LogP contribution < -0.4 is 10.6 Å². The van der Waals surface area contributed by atoms with Crippen molar-refractivity contribution in [2.45, 2.75) is 32.9 Å². The molecule has 1 aromatic carbocycles. The van der Waals surface area contributed by atoms with E-state index >= 15 is 0 Å². The Morgan fingerprint density at radius 2 is 2.04 bits per heavy atom. The van der Waals surface area contributed by atoms with Gasteiger partial charge in [0.2, 0.25) is 5.91 Å². The number of hydrogen-bond acceptors (Lipinski definition) is 5. The first kappa shape index (κ1) is 16.4. The van der Waals surface area contributed by atoms with Gasteiger partial charge in [-0.05, 0) is 25.0 Å². The van der Waals surface area contributed by atoms with Crippen LogP contribution in [0.15, 0.2) is 42.7 Å². The number of benzene rings is 1. The van der Waals surface area contributed by atoms with Crippen molar-refractivity contribution in [2.24, 2.45) is 0 Å². The van der Waals surface area contributed by atoms with E-state index in [-0.39, 0.29) is 11.9 Å². The highest BCUT2D eigenvalue weighted by molar-refractivity contribution is 7.18. The molecule has 124 valence electrons. The van der Waals surface area contributed by atoms with Gasteiger partial charge in [-0.25, -0.2) is 9.97 Å². The number of amides is 1. The maximum atomic E-state index is 12.3. The Hall–Kier alpha value is -2.47. The smallest absolute Gasteiger partial charge is 0.242 e. The Kier molecular flexibility index (Phi) is 5.05. The lowest BCUT2D eigenvalue weighted by atomic mass is 10.2. The minimum atomic E-state index is -0.378. The molecule has 0 saturated carbocycles. The van der Waals surface area contributed by atoms with Gasteiger partial charge in [0.25, 0.3) is 0 Å². The Labute approximate surface area is 145 Å². The SMILES string of the molecule is CCc1cc2c(NC(C)C(=O)NCc3ccccc3)ncnc2s1. The molecule has 3 aromatic rings. The summed E-state index contributed by atoms with van der Waals surface area (Å²) in [4.78, 5) is 23.1. The lowest BCUT2D eigenvalue weighted by Gasteiger charge is -2.15. The molecule has 1 unspecified atom stereocenters. The standard InChI is InChI=1S/C18H20N4OS/c1-3-14-9-15-16(20-11-21-18(15)24-14)22-12(2)17(23)19-10-13-7-5-4-6-8-13/h4-9,11-12H,3,10H2,1-2H3,(H,19,23)(H,20,21,22). The summed E-state index contributed by atoms with van der Waals surface area (Å²) in [6.45, 7) is 4.47. The third-order valence-electron chi connectivity index (χ3n) is 3.78. The van der Waals surface area contributed by atoms with E-state index in [2.05, 4.69) is 33.6 Å². The third kappa shape index (κ3) is 3.71. The molecule has 24 heavy (non-hydrogen) atoms. The van der Waals surface area contributed by atoms with Gasteiger partial charge in [0, 0.05) is 11.4 Å². The van der Waals surface area contributed by atoms with Crippen molar-refractivity contribution in [1.29, 1.82) is 0 Å². The van der Waals surface area contributed by atoms with Gasteiger partial charge >= 0.3 is 0 Å². The van der Waals surface area contributed by atoms with Gasteiger partial charge in [-0.15, -0.1) is 11.3 Å². The number of hydrogen-bond donors (Lipinski definition) is 2. The number of aryl methyl sites for hydroxylation is 1. The molecule has 2 N–H and O–H groups in total. The summed E-state index contributed by atoms with van der Waals surface area (Å²) < 4.78 is 0. The highest BCUT2D eigenvalue weighted by atomic mass is 32.1. The zero-order valence-corrected chi connectivity index (χ0v) is 14.6. The number of carbonyl (C=O) groups is 1. The lowest BCUT2D eigenvalue weighted by Crippen LogP contribution is -2.37. The summed E-state index contributed by atoms with van der Waals surface area (Å²) in [5.74, 6) is 0.648. The summed E-state index contributed by atoms with van der Waals surface area (Å²) in [6, 6.07) is 11.6. The van der Waals surface area contributed by atoms with Gasteiger partial charge in [-0.2, -0.15) is 0 Å². The monoisotopic (exact) mass is 340 g/mol. The van der Waals surface area contributed by atoms with Crippen LogP contribution in [0.4, 0.5) is 5.82 Å². The maximum Gasteiger partial charge on any atom is 0.242 e. The molecule has 1 amide bonds. The maximum absolute atomic E-state index is 12.3. The van der Waals surface area contributed by atoms with E-state index in [9.17, 15) is 4.79 Å². The van der Waals surface area contributed by atoms with Crippen LogP contribution >= 0.6 is 11.3 Å². The van der Waals surface area contributed by atoms with Crippen molar-refractivity contribution in [1.82, 2.24) is 15.3 Å². The van der Waals surface area contributed by atoms with Crippen LogP contribution in [0.1, 0.15) is 24.3 Å². The number of nitrogens with zero attached hydrogens (tertiary/aromatic N) is 2. The number of fused-ring (bicyclic) bond motifs is 1. The summed E-state index contributed by atoms with van der Waals surface area (Å²) >= 11 is 1.66. The number of rotatable bonds is 6. The van der Waals surface area contributed by atoms with Crippen LogP contribution in [0.3, 0.4) is 0 Å². The highest BCUT2D eigenvalue weighted by Crippen LogP contribution is 2.28. The second-order valence-electron chi connectivity index (χ2n) is 5.58. The van der Waals surface area contributed by atoms with Crippen LogP contribution in [0.25, 0.3) is 10.2 Å². The Bertz CT molecular complexity index is 831. The summed E-state index contributed by atoms with van der Waals surface area (Å²) in [5.41, 5.74) is 1.08. The quantitative estimate of drug-likeness (QED) is 0.722. The normalized spacial score (nSPS) is 12.1. The van der Waals surface area contributed by atoms with Crippen LogP contribution in [-0.4, -0.2) is 21.9 Å². The van der Waals surface area contributed by atoms with Crippen LogP contribution in [0.5, 0.6) is 0 Å². The third-order valence-corrected chi connectivity index (χ3v) is 4.97. The number of carbonyl (C=O) groups excluding carboxylic acids is 1. The number of aromatic nitrogens is 2. The van der Waals surface area contributed by atoms with Crippen molar-refractivity contribution in [3.8, 4) is 0 Å². The second-order valence-corrected chi connectivity index (χ2v) is 6.69. The molecular weight excluding hydrogens is 320 g/mol. The molecule has 0 aliphatic rings. The predicted octanol–water partition coefficient (Wildman–Crippen LogP) is 3.37. The van der Waals surface area contributed by atoms with Crippen molar-refractivity contribution in [3.05, 3.63) is 53.2 Å². The van der Waals surface area contributed by atoms with E-state index in [4.69, 9.17) is 0 Å². The fourth-order valence-electron chi connectivity index (χ4n) is 2.40. The minimum absolute atomic E-state index is 0.0587. The summed E-state index contributed by atoms with van der Waals surface area (Å²) in [6.07, 6.45) is 2.50. The van der Waals surface area contributed by atoms with Gasteiger partial charge in [-0.3, -0.25) is 4.79 Å². The van der Waals surface area contributed by atoms with Gasteiger partial charge in [0.15, 0.2) is 0 Å². The minimum Gasteiger partial charge on any atom is -0.358 e. The fourth-order valence-corrected chi connectivity index (χ4v) is 3.34. The van der Waals surface area contributed by atoms with Crippen molar-refractivity contribution >= 4 is 33.3 Å². The van der Waals surface area contributed by atoms with Gasteiger partial charge in [-0.1, -0.05) is 37.3 Å². The Morgan fingerprint density at radius 3 is 2.79 bits per heavy atom. The van der Waals surface area contributed by atoms with E-state index in [0.717, 1.165) is 22.2 Å². The van der Waals surface area contributed by atoms with E-state index in [1.165, 1.54) is 11.2 Å². The van der Waals surface area contributed by atoms with E-state index in [1.807, 2.05) is 37.3 Å². The highest BCUT2D eigenvalue weighted by Gasteiger charge is 2.15. The van der Waals surface area contributed by atoms with Crippen LogP contribution in [-0.2, 0) is 17.8 Å². The first-order valence-electron chi connectivity index (χ1n) is 7.99. The molecule has 2 aromatic heterocycles. The van der Waals surface area contributed by atoms with Crippen molar-refractivity contribution in [2.75, 3.05) is 5.32 Å². The van der Waals surface area contributed by atoms with Crippen molar-refractivity contribution in [3.63, 3.8) is 0 Å². The molecule has 0 aliphatic carbocycles. The van der Waals surface area contributed by atoms with Gasteiger partial charge in [0.05, 0.1) is 5.39 Å². The van der Waals surface area contributed by atoms with E-state index in [0.29, 0.717) is 12.4 Å². The molecule has 6 heteroatoms. The van der Waals surface area contributed by atoms with Gasteiger partial charge < -0.3 is 10.6 Å². The molecule has 0 saturated heterocycles. The number of thiophene rings is 1. The Balaban J connectivity index is 1.66. The second kappa shape index (κ2) is 7.40. The average molecular weight is 340 g/mol. The zero-order valence-electron chi connectivity index (χ0n) is 13.7. The number of nitrogens with one attached hydrogen (secondary N) is 2. The molecule has 1 atom stereocenters. The topological polar surface area (TPSA) is 66.9 Å². The predicted molar refractivity (Wildman–Crippen MR) is 98.2 cm³/mol.